The highest BCUT2D eigenvalue weighted by Crippen LogP contribution is 2.25. The van der Waals surface area contributed by atoms with Crippen molar-refractivity contribution >= 4 is 5.69 Å². The molecule has 4 heteroatoms. The number of hydrogen-bond donors (Lipinski definition) is 2. The summed E-state index contributed by atoms with van der Waals surface area (Å²) in [5.41, 5.74) is 2.79. The summed E-state index contributed by atoms with van der Waals surface area (Å²) in [6.07, 6.45) is 1.82. The largest absolute Gasteiger partial charge is 0.506 e. The average Bonchev–Trinajstić information content (AvgIpc) is 2.32. The lowest BCUT2D eigenvalue weighted by Crippen LogP contribution is -2.35. The van der Waals surface area contributed by atoms with E-state index in [2.05, 4.69) is 5.32 Å². The fourth-order valence-electron chi connectivity index (χ4n) is 1.64. The monoisotopic (exact) mass is 249 g/mol. The Morgan fingerprint density at radius 1 is 1.28 bits per heavy atom. The second-order valence-electron chi connectivity index (χ2n) is 4.94. The van der Waals surface area contributed by atoms with E-state index < -0.39 is 5.79 Å². The van der Waals surface area contributed by atoms with Gasteiger partial charge in [0.05, 0.1) is 18.9 Å². The van der Waals surface area contributed by atoms with E-state index in [1.54, 1.807) is 6.07 Å². The molecule has 1 fully saturated rings. The van der Waals surface area contributed by atoms with Gasteiger partial charge in [-0.3, -0.25) is 0 Å². The highest BCUT2D eigenvalue weighted by Gasteiger charge is 2.24. The molecule has 1 aromatic rings. The SMILES string of the molecule is Cc1ccc(O)c(NC=C2COC(C)(C)OC2)c1. The third-order valence-electron chi connectivity index (χ3n) is 2.79. The lowest BCUT2D eigenvalue weighted by Gasteiger charge is -2.31. The zero-order valence-corrected chi connectivity index (χ0v) is 11.0. The van der Waals surface area contributed by atoms with Gasteiger partial charge in [0.25, 0.3) is 0 Å². The number of ether oxygens (including phenoxy) is 2. The quantitative estimate of drug-likeness (QED) is 0.791. The summed E-state index contributed by atoms with van der Waals surface area (Å²) < 4.78 is 11.1. The van der Waals surface area contributed by atoms with Gasteiger partial charge in [0, 0.05) is 6.20 Å². The number of hydrogen-bond acceptors (Lipinski definition) is 4. The molecular weight excluding hydrogens is 230 g/mol. The second kappa shape index (κ2) is 5.00. The Bertz CT molecular complexity index is 454. The number of benzene rings is 1. The van der Waals surface area contributed by atoms with Crippen molar-refractivity contribution in [2.45, 2.75) is 26.6 Å². The second-order valence-corrected chi connectivity index (χ2v) is 4.94. The molecule has 0 atom stereocenters. The summed E-state index contributed by atoms with van der Waals surface area (Å²) in [5.74, 6) is -0.279. The third kappa shape index (κ3) is 3.24. The molecule has 0 amide bonds. The first-order chi connectivity index (χ1) is 8.46. The van der Waals surface area contributed by atoms with Gasteiger partial charge in [0.1, 0.15) is 5.75 Å². The number of aryl methyl sites for hydroxylation is 1. The molecule has 0 saturated carbocycles. The smallest absolute Gasteiger partial charge is 0.163 e. The number of nitrogens with one attached hydrogen (secondary N) is 1. The van der Waals surface area contributed by atoms with Gasteiger partial charge in [-0.1, -0.05) is 6.07 Å². The maximum absolute atomic E-state index is 9.69. The van der Waals surface area contributed by atoms with Crippen LogP contribution >= 0.6 is 0 Å². The van der Waals surface area contributed by atoms with Gasteiger partial charge in [-0.2, -0.15) is 0 Å². The minimum atomic E-state index is -0.511. The van der Waals surface area contributed by atoms with Crippen molar-refractivity contribution in [3.8, 4) is 5.75 Å². The van der Waals surface area contributed by atoms with Gasteiger partial charge in [-0.25, -0.2) is 0 Å². The van der Waals surface area contributed by atoms with Crippen molar-refractivity contribution in [2.75, 3.05) is 18.5 Å². The summed E-state index contributed by atoms with van der Waals surface area (Å²) in [7, 11) is 0. The van der Waals surface area contributed by atoms with Crippen LogP contribution in [0, 0.1) is 6.92 Å². The molecule has 0 spiro atoms. The van der Waals surface area contributed by atoms with Crippen molar-refractivity contribution in [1.29, 1.82) is 0 Å². The van der Waals surface area contributed by atoms with Crippen molar-refractivity contribution < 1.29 is 14.6 Å². The first-order valence-corrected chi connectivity index (χ1v) is 5.98. The van der Waals surface area contributed by atoms with Crippen LogP contribution in [0.5, 0.6) is 5.75 Å². The van der Waals surface area contributed by atoms with Crippen molar-refractivity contribution in [3.63, 3.8) is 0 Å². The van der Waals surface area contributed by atoms with E-state index in [1.165, 1.54) is 0 Å². The molecular formula is C14H19NO3. The van der Waals surface area contributed by atoms with Crippen LogP contribution in [0.3, 0.4) is 0 Å². The van der Waals surface area contributed by atoms with Crippen LogP contribution in [0.4, 0.5) is 5.69 Å². The maximum Gasteiger partial charge on any atom is 0.163 e. The predicted octanol–water partition coefficient (Wildman–Crippen LogP) is 2.78. The summed E-state index contributed by atoms with van der Waals surface area (Å²) in [4.78, 5) is 0. The van der Waals surface area contributed by atoms with E-state index in [4.69, 9.17) is 9.47 Å². The van der Waals surface area contributed by atoms with Gasteiger partial charge in [0.15, 0.2) is 5.79 Å². The number of aromatic hydroxyl groups is 1. The van der Waals surface area contributed by atoms with Crippen LogP contribution in [0.1, 0.15) is 19.4 Å². The molecule has 0 aliphatic carbocycles. The summed E-state index contributed by atoms with van der Waals surface area (Å²) in [6.45, 7) is 6.83. The molecule has 1 heterocycles. The molecule has 0 aromatic heterocycles. The standard InChI is InChI=1S/C14H19NO3/c1-10-4-5-13(16)12(6-10)15-7-11-8-17-14(2,3)18-9-11/h4-7,15-16H,8-9H2,1-3H3. The Kier molecular flexibility index (Phi) is 3.59. The van der Waals surface area contributed by atoms with Crippen molar-refractivity contribution in [2.24, 2.45) is 0 Å². The highest BCUT2D eigenvalue weighted by molar-refractivity contribution is 5.58. The summed E-state index contributed by atoms with van der Waals surface area (Å²) in [6, 6.07) is 5.43. The summed E-state index contributed by atoms with van der Waals surface area (Å²) in [5, 5.41) is 12.8. The van der Waals surface area contributed by atoms with Crippen LogP contribution < -0.4 is 5.32 Å². The van der Waals surface area contributed by atoms with Gasteiger partial charge in [-0.05, 0) is 44.0 Å². The zero-order chi connectivity index (χ0) is 13.2. The fourth-order valence-corrected chi connectivity index (χ4v) is 1.64. The summed E-state index contributed by atoms with van der Waals surface area (Å²) >= 11 is 0. The number of rotatable bonds is 2. The number of phenolic OH excluding ortho intramolecular Hbond substituents is 1. The fraction of sp³-hybridized carbons (Fsp3) is 0.429. The molecule has 4 nitrogen and oxygen atoms in total. The van der Waals surface area contributed by atoms with E-state index in [9.17, 15) is 5.11 Å². The topological polar surface area (TPSA) is 50.7 Å². The Hall–Kier alpha value is -1.52. The zero-order valence-electron chi connectivity index (χ0n) is 11.0. The van der Waals surface area contributed by atoms with Crippen LogP contribution in [-0.2, 0) is 9.47 Å². The molecule has 1 aromatic carbocycles. The molecule has 2 N–H and O–H groups in total. The Labute approximate surface area is 107 Å². The minimum absolute atomic E-state index is 0.232. The lowest BCUT2D eigenvalue weighted by atomic mass is 10.2. The first-order valence-electron chi connectivity index (χ1n) is 5.98. The molecule has 1 aliphatic heterocycles. The Morgan fingerprint density at radius 3 is 2.61 bits per heavy atom. The average molecular weight is 249 g/mol. The lowest BCUT2D eigenvalue weighted by molar-refractivity contribution is -0.225. The highest BCUT2D eigenvalue weighted by atomic mass is 16.7. The van der Waals surface area contributed by atoms with Crippen LogP contribution in [0.15, 0.2) is 30.0 Å². The number of phenols is 1. The molecule has 1 saturated heterocycles. The molecule has 98 valence electrons. The number of anilines is 1. The van der Waals surface area contributed by atoms with Gasteiger partial charge in [-0.15, -0.1) is 0 Å². The minimum Gasteiger partial charge on any atom is -0.506 e. The van der Waals surface area contributed by atoms with Crippen LogP contribution in [0.2, 0.25) is 0 Å². The van der Waals surface area contributed by atoms with E-state index in [-0.39, 0.29) is 5.75 Å². The van der Waals surface area contributed by atoms with Crippen LogP contribution in [-0.4, -0.2) is 24.1 Å². The van der Waals surface area contributed by atoms with E-state index in [0.717, 1.165) is 11.1 Å². The molecule has 0 unspecified atom stereocenters. The van der Waals surface area contributed by atoms with Crippen molar-refractivity contribution in [3.05, 3.63) is 35.5 Å². The van der Waals surface area contributed by atoms with E-state index >= 15 is 0 Å². The third-order valence-corrected chi connectivity index (χ3v) is 2.79. The predicted molar refractivity (Wildman–Crippen MR) is 70.5 cm³/mol. The first kappa shape index (κ1) is 12.9. The molecule has 0 radical (unpaired) electrons. The maximum atomic E-state index is 9.69. The van der Waals surface area contributed by atoms with E-state index in [1.807, 2.05) is 39.1 Å². The van der Waals surface area contributed by atoms with Gasteiger partial charge in [0.2, 0.25) is 0 Å². The van der Waals surface area contributed by atoms with Crippen LogP contribution in [0.25, 0.3) is 0 Å². The van der Waals surface area contributed by atoms with Crippen molar-refractivity contribution in [1.82, 2.24) is 0 Å². The van der Waals surface area contributed by atoms with Gasteiger partial charge >= 0.3 is 0 Å². The Balaban J connectivity index is 2.01. The molecule has 2 rings (SSSR count). The normalized spacial score (nSPS) is 18.5. The van der Waals surface area contributed by atoms with Gasteiger partial charge < -0.3 is 19.9 Å². The Morgan fingerprint density at radius 2 is 1.94 bits per heavy atom. The van der Waals surface area contributed by atoms with E-state index in [0.29, 0.717) is 18.9 Å². The molecule has 18 heavy (non-hydrogen) atoms. The molecule has 0 bridgehead atoms. The molecule has 1 aliphatic rings.